The van der Waals surface area contributed by atoms with E-state index in [0.717, 1.165) is 31.5 Å². The molecule has 0 saturated carbocycles. The van der Waals surface area contributed by atoms with E-state index >= 15 is 0 Å². The summed E-state index contributed by atoms with van der Waals surface area (Å²) in [4.78, 5) is 2.96. The molecule has 37 heavy (non-hydrogen) atoms. The number of fused-ring (bicyclic) bond motifs is 1. The van der Waals surface area contributed by atoms with Gasteiger partial charge in [-0.2, -0.15) is 0 Å². The van der Waals surface area contributed by atoms with Gasteiger partial charge in [0.1, 0.15) is 0 Å². The molecule has 3 rings (SSSR count). The molecule has 0 saturated heterocycles. The van der Waals surface area contributed by atoms with E-state index in [2.05, 4.69) is 81.6 Å². The highest BCUT2D eigenvalue weighted by Gasteiger charge is 2.22. The molecular formula is C33H47NO2S. The lowest BCUT2D eigenvalue weighted by molar-refractivity contribution is 0.159. The molecule has 0 heterocycles. The molecule has 0 radical (unpaired) electrons. The Labute approximate surface area is 226 Å². The maximum absolute atomic E-state index is 12.5. The molecule has 0 amide bonds. The van der Waals surface area contributed by atoms with Crippen molar-refractivity contribution in [3.05, 3.63) is 84.9 Å². The standard InChI is InChI=1S/C20H35NO2S.C13H12/c1-5-11-18(4)17-21(15-6-2)19(7-3)14-16-24(22,23)20-12-9-8-10-13-20;1-10(2)12-9-5-7-11-6-3-4-8-13(11)12/h8-10,12-13,18-19H,5-7,11,14-17H2,1-4H3;3-9H,1H2,2H3/t18-,19?;/m0./s1. The topological polar surface area (TPSA) is 37.4 Å². The van der Waals surface area contributed by atoms with Crippen LogP contribution in [0.1, 0.15) is 72.3 Å². The molecule has 0 fully saturated rings. The van der Waals surface area contributed by atoms with Crippen molar-refractivity contribution in [1.29, 1.82) is 0 Å². The van der Waals surface area contributed by atoms with Crippen LogP contribution < -0.4 is 0 Å². The fourth-order valence-electron chi connectivity index (χ4n) is 4.97. The Balaban J connectivity index is 0.000000308. The third-order valence-corrected chi connectivity index (χ3v) is 8.66. The zero-order chi connectivity index (χ0) is 27.3. The Morgan fingerprint density at radius 1 is 0.865 bits per heavy atom. The van der Waals surface area contributed by atoms with Gasteiger partial charge >= 0.3 is 0 Å². The van der Waals surface area contributed by atoms with Crippen molar-refractivity contribution in [2.75, 3.05) is 18.8 Å². The predicted molar refractivity (Wildman–Crippen MR) is 162 cm³/mol. The molecule has 0 aliphatic heterocycles. The van der Waals surface area contributed by atoms with Gasteiger partial charge in [-0.15, -0.1) is 0 Å². The van der Waals surface area contributed by atoms with Gasteiger partial charge in [-0.1, -0.05) is 107 Å². The SMILES string of the molecule is C=C(C)c1cccc2ccccc12.CCC[C@H](C)CN(CCC)C(CC)CCS(=O)(=O)c1ccccc1. The summed E-state index contributed by atoms with van der Waals surface area (Å²) in [6.07, 6.45) is 5.27. The van der Waals surface area contributed by atoms with Crippen LogP contribution in [0.25, 0.3) is 16.3 Å². The van der Waals surface area contributed by atoms with Gasteiger partial charge in [-0.25, -0.2) is 8.42 Å². The van der Waals surface area contributed by atoms with Crippen LogP contribution in [0.2, 0.25) is 0 Å². The zero-order valence-electron chi connectivity index (χ0n) is 23.6. The van der Waals surface area contributed by atoms with E-state index in [1.807, 2.05) is 13.0 Å². The molecule has 0 spiro atoms. The molecule has 0 aliphatic rings. The van der Waals surface area contributed by atoms with Gasteiger partial charge in [-0.05, 0) is 73.5 Å². The van der Waals surface area contributed by atoms with Crippen LogP contribution >= 0.6 is 0 Å². The van der Waals surface area contributed by atoms with E-state index in [1.165, 1.54) is 29.2 Å². The second kappa shape index (κ2) is 15.7. The third-order valence-electron chi connectivity index (χ3n) is 6.90. The summed E-state index contributed by atoms with van der Waals surface area (Å²) < 4.78 is 25.1. The van der Waals surface area contributed by atoms with Gasteiger partial charge in [0.15, 0.2) is 9.84 Å². The van der Waals surface area contributed by atoms with Gasteiger partial charge in [0.25, 0.3) is 0 Å². The van der Waals surface area contributed by atoms with Gasteiger partial charge in [0.05, 0.1) is 10.6 Å². The number of benzene rings is 3. The number of hydrogen-bond donors (Lipinski definition) is 0. The van der Waals surface area contributed by atoms with Crippen molar-refractivity contribution in [2.24, 2.45) is 5.92 Å². The minimum absolute atomic E-state index is 0.234. The minimum atomic E-state index is -3.18. The van der Waals surface area contributed by atoms with Gasteiger partial charge in [0.2, 0.25) is 0 Å². The maximum Gasteiger partial charge on any atom is 0.178 e. The van der Waals surface area contributed by atoms with Crippen molar-refractivity contribution in [1.82, 2.24) is 4.90 Å². The van der Waals surface area contributed by atoms with Crippen LogP contribution in [0, 0.1) is 5.92 Å². The highest BCUT2D eigenvalue weighted by molar-refractivity contribution is 7.91. The van der Waals surface area contributed by atoms with E-state index < -0.39 is 9.84 Å². The first kappa shape index (κ1) is 30.8. The lowest BCUT2D eigenvalue weighted by Gasteiger charge is -2.33. The van der Waals surface area contributed by atoms with E-state index in [4.69, 9.17) is 0 Å². The molecule has 0 aromatic heterocycles. The predicted octanol–water partition coefficient (Wildman–Crippen LogP) is 8.65. The molecule has 0 aliphatic carbocycles. The van der Waals surface area contributed by atoms with Crippen LogP contribution in [0.4, 0.5) is 0 Å². The highest BCUT2D eigenvalue weighted by Crippen LogP contribution is 2.23. The fourth-order valence-corrected chi connectivity index (χ4v) is 6.36. The second-order valence-corrected chi connectivity index (χ2v) is 12.3. The highest BCUT2D eigenvalue weighted by atomic mass is 32.2. The first-order valence-electron chi connectivity index (χ1n) is 13.9. The number of rotatable bonds is 13. The smallest absolute Gasteiger partial charge is 0.178 e. The number of nitrogens with zero attached hydrogens (tertiary/aromatic N) is 1. The van der Waals surface area contributed by atoms with Crippen molar-refractivity contribution in [3.8, 4) is 0 Å². The quantitative estimate of drug-likeness (QED) is 0.226. The number of allylic oxidation sites excluding steroid dienone is 1. The summed E-state index contributed by atoms with van der Waals surface area (Å²) in [6.45, 7) is 17.1. The van der Waals surface area contributed by atoms with Gasteiger partial charge < -0.3 is 4.90 Å². The Hall–Kier alpha value is -2.43. The van der Waals surface area contributed by atoms with Crippen molar-refractivity contribution in [3.63, 3.8) is 0 Å². The fraction of sp³-hybridized carbons (Fsp3) is 0.455. The van der Waals surface area contributed by atoms with Crippen LogP contribution in [0.15, 0.2) is 84.3 Å². The molecule has 3 nitrogen and oxygen atoms in total. The molecule has 0 bridgehead atoms. The Kier molecular flexibility index (Phi) is 13.1. The molecule has 202 valence electrons. The molecule has 3 aromatic carbocycles. The molecule has 4 heteroatoms. The normalized spacial score (nSPS) is 13.1. The zero-order valence-corrected chi connectivity index (χ0v) is 24.4. The second-order valence-electron chi connectivity index (χ2n) is 10.2. The lowest BCUT2D eigenvalue weighted by atomic mass is 10.0. The third kappa shape index (κ3) is 9.75. The van der Waals surface area contributed by atoms with Crippen molar-refractivity contribution < 1.29 is 8.42 Å². The molecule has 2 atom stereocenters. The van der Waals surface area contributed by atoms with E-state index in [1.54, 1.807) is 24.3 Å². The average Bonchev–Trinajstić information content (AvgIpc) is 2.89. The minimum Gasteiger partial charge on any atom is -0.300 e. The van der Waals surface area contributed by atoms with Crippen LogP contribution in [0.3, 0.4) is 0 Å². The summed E-state index contributed by atoms with van der Waals surface area (Å²) in [6, 6.07) is 23.9. The lowest BCUT2D eigenvalue weighted by Crippen LogP contribution is -2.39. The molecule has 3 aromatic rings. The molecular weight excluding hydrogens is 474 g/mol. The first-order valence-corrected chi connectivity index (χ1v) is 15.5. The van der Waals surface area contributed by atoms with Crippen molar-refractivity contribution >= 4 is 26.2 Å². The molecule has 0 N–H and O–H groups in total. The maximum atomic E-state index is 12.5. The summed E-state index contributed by atoms with van der Waals surface area (Å²) in [5, 5.41) is 2.57. The van der Waals surface area contributed by atoms with Crippen LogP contribution in [0.5, 0.6) is 0 Å². The largest absolute Gasteiger partial charge is 0.300 e. The average molecular weight is 522 g/mol. The van der Waals surface area contributed by atoms with Crippen LogP contribution in [-0.4, -0.2) is 38.2 Å². The van der Waals surface area contributed by atoms with Crippen LogP contribution in [-0.2, 0) is 9.84 Å². The number of hydrogen-bond acceptors (Lipinski definition) is 3. The summed E-state index contributed by atoms with van der Waals surface area (Å²) in [5.74, 6) is 0.902. The Morgan fingerprint density at radius 2 is 1.51 bits per heavy atom. The monoisotopic (exact) mass is 521 g/mol. The Bertz CT molecular complexity index is 1180. The summed E-state index contributed by atoms with van der Waals surface area (Å²) in [5.41, 5.74) is 2.37. The Morgan fingerprint density at radius 3 is 2.14 bits per heavy atom. The van der Waals surface area contributed by atoms with E-state index in [9.17, 15) is 8.42 Å². The first-order chi connectivity index (χ1) is 17.7. The summed E-state index contributed by atoms with van der Waals surface area (Å²) in [7, 11) is -3.18. The van der Waals surface area contributed by atoms with Gasteiger partial charge in [-0.3, -0.25) is 0 Å². The van der Waals surface area contributed by atoms with Gasteiger partial charge in [0, 0.05) is 12.6 Å². The summed E-state index contributed by atoms with van der Waals surface area (Å²) >= 11 is 0. The van der Waals surface area contributed by atoms with E-state index in [0.29, 0.717) is 23.3 Å². The molecule has 1 unspecified atom stereocenters. The number of sulfone groups is 1. The van der Waals surface area contributed by atoms with E-state index in [-0.39, 0.29) is 5.75 Å². The van der Waals surface area contributed by atoms with Crippen molar-refractivity contribution in [2.45, 2.75) is 77.7 Å².